The minimum atomic E-state index is -0.368. The SMILES string of the molecule is Cc1nc(OCCNC(=O)c2ccc(F)cc2)cc(N2CCCC2)n1. The van der Waals surface area contributed by atoms with Gasteiger partial charge in [-0.25, -0.2) is 9.37 Å². The van der Waals surface area contributed by atoms with Crippen molar-refractivity contribution in [3.63, 3.8) is 0 Å². The molecule has 0 bridgehead atoms. The van der Waals surface area contributed by atoms with E-state index in [1.807, 2.05) is 13.0 Å². The van der Waals surface area contributed by atoms with Gasteiger partial charge in [0.05, 0.1) is 6.54 Å². The van der Waals surface area contributed by atoms with Crippen LogP contribution in [0.2, 0.25) is 0 Å². The number of benzene rings is 1. The van der Waals surface area contributed by atoms with Gasteiger partial charge in [0.2, 0.25) is 5.88 Å². The first-order valence-corrected chi connectivity index (χ1v) is 8.39. The highest BCUT2D eigenvalue weighted by Gasteiger charge is 2.15. The van der Waals surface area contributed by atoms with E-state index in [4.69, 9.17) is 4.74 Å². The third kappa shape index (κ3) is 4.65. The molecule has 1 fully saturated rings. The first-order chi connectivity index (χ1) is 12.1. The second-order valence-electron chi connectivity index (χ2n) is 5.92. The Bertz CT molecular complexity index is 730. The van der Waals surface area contributed by atoms with Gasteiger partial charge in [0.15, 0.2) is 0 Å². The molecule has 1 aliphatic heterocycles. The zero-order chi connectivity index (χ0) is 17.6. The van der Waals surface area contributed by atoms with Gasteiger partial charge in [0.1, 0.15) is 24.1 Å². The Morgan fingerprint density at radius 2 is 1.96 bits per heavy atom. The van der Waals surface area contributed by atoms with Gasteiger partial charge in [-0.1, -0.05) is 0 Å². The molecule has 1 aliphatic rings. The molecule has 0 atom stereocenters. The van der Waals surface area contributed by atoms with Gasteiger partial charge in [-0.3, -0.25) is 4.79 Å². The molecule has 6 nitrogen and oxygen atoms in total. The van der Waals surface area contributed by atoms with Gasteiger partial charge < -0.3 is 15.0 Å². The van der Waals surface area contributed by atoms with E-state index in [0.29, 0.717) is 30.4 Å². The molecule has 0 radical (unpaired) electrons. The number of nitrogens with zero attached hydrogens (tertiary/aromatic N) is 3. The molecule has 1 aromatic heterocycles. The molecule has 25 heavy (non-hydrogen) atoms. The van der Waals surface area contributed by atoms with E-state index in [1.165, 1.54) is 37.1 Å². The number of aryl methyl sites for hydroxylation is 1. The van der Waals surface area contributed by atoms with Crippen molar-refractivity contribution in [2.24, 2.45) is 0 Å². The van der Waals surface area contributed by atoms with E-state index in [1.54, 1.807) is 0 Å². The van der Waals surface area contributed by atoms with Crippen LogP contribution in [-0.4, -0.2) is 42.1 Å². The van der Waals surface area contributed by atoms with Gasteiger partial charge in [-0.2, -0.15) is 4.98 Å². The minimum Gasteiger partial charge on any atom is -0.476 e. The highest BCUT2D eigenvalue weighted by Crippen LogP contribution is 2.21. The van der Waals surface area contributed by atoms with Crippen LogP contribution in [0, 0.1) is 12.7 Å². The molecule has 3 rings (SSSR count). The summed E-state index contributed by atoms with van der Waals surface area (Å²) in [6, 6.07) is 7.24. The van der Waals surface area contributed by atoms with E-state index < -0.39 is 0 Å². The van der Waals surface area contributed by atoms with E-state index in [9.17, 15) is 9.18 Å². The molecule has 0 spiro atoms. The lowest BCUT2D eigenvalue weighted by molar-refractivity contribution is 0.0946. The molecular formula is C18H21FN4O2. The van der Waals surface area contributed by atoms with E-state index in [2.05, 4.69) is 20.2 Å². The second-order valence-corrected chi connectivity index (χ2v) is 5.92. The van der Waals surface area contributed by atoms with Crippen LogP contribution in [0.4, 0.5) is 10.2 Å². The van der Waals surface area contributed by atoms with Crippen LogP contribution in [0.25, 0.3) is 0 Å². The van der Waals surface area contributed by atoms with Crippen molar-refractivity contribution in [1.29, 1.82) is 0 Å². The normalized spacial score (nSPS) is 13.8. The van der Waals surface area contributed by atoms with Crippen LogP contribution < -0.4 is 15.0 Å². The maximum absolute atomic E-state index is 12.9. The largest absolute Gasteiger partial charge is 0.476 e. The lowest BCUT2D eigenvalue weighted by Crippen LogP contribution is -2.28. The van der Waals surface area contributed by atoms with Gasteiger partial charge in [0.25, 0.3) is 5.91 Å². The van der Waals surface area contributed by atoms with Crippen LogP contribution in [0.3, 0.4) is 0 Å². The van der Waals surface area contributed by atoms with Crippen molar-refractivity contribution in [2.75, 3.05) is 31.1 Å². The molecule has 0 saturated carbocycles. The summed E-state index contributed by atoms with van der Waals surface area (Å²) in [5, 5.41) is 2.73. The standard InChI is InChI=1S/C18H21FN4O2/c1-13-21-16(23-9-2-3-10-23)12-17(22-13)25-11-8-20-18(24)14-4-6-15(19)7-5-14/h4-7,12H,2-3,8-11H2,1H3,(H,20,24). The van der Waals surface area contributed by atoms with Gasteiger partial charge in [0, 0.05) is 24.7 Å². The quantitative estimate of drug-likeness (QED) is 0.815. The van der Waals surface area contributed by atoms with E-state index in [0.717, 1.165) is 18.9 Å². The van der Waals surface area contributed by atoms with Gasteiger partial charge in [-0.15, -0.1) is 0 Å². The molecule has 1 saturated heterocycles. The van der Waals surface area contributed by atoms with E-state index in [-0.39, 0.29) is 11.7 Å². The number of halogens is 1. The molecule has 1 N–H and O–H groups in total. The molecule has 2 aromatic rings. The Morgan fingerprint density at radius 3 is 2.68 bits per heavy atom. The molecule has 0 aliphatic carbocycles. The number of hydrogen-bond donors (Lipinski definition) is 1. The molecule has 132 valence electrons. The highest BCUT2D eigenvalue weighted by atomic mass is 19.1. The minimum absolute atomic E-state index is 0.264. The van der Waals surface area contributed by atoms with Crippen molar-refractivity contribution in [1.82, 2.24) is 15.3 Å². The topological polar surface area (TPSA) is 67.3 Å². The summed E-state index contributed by atoms with van der Waals surface area (Å²) in [6.45, 7) is 4.47. The summed E-state index contributed by atoms with van der Waals surface area (Å²) in [5.41, 5.74) is 0.413. The van der Waals surface area contributed by atoms with Gasteiger partial charge in [-0.05, 0) is 44.0 Å². The monoisotopic (exact) mass is 344 g/mol. The summed E-state index contributed by atoms with van der Waals surface area (Å²) in [4.78, 5) is 22.9. The number of hydrogen-bond acceptors (Lipinski definition) is 5. The summed E-state index contributed by atoms with van der Waals surface area (Å²) in [7, 11) is 0. The number of nitrogens with one attached hydrogen (secondary N) is 1. The number of anilines is 1. The molecule has 2 heterocycles. The molecule has 1 amide bonds. The second kappa shape index (κ2) is 7.92. The number of ether oxygens (including phenoxy) is 1. The lowest BCUT2D eigenvalue weighted by Gasteiger charge is -2.17. The van der Waals surface area contributed by atoms with E-state index >= 15 is 0 Å². The van der Waals surface area contributed by atoms with Gasteiger partial charge >= 0.3 is 0 Å². The molecule has 0 unspecified atom stereocenters. The molecule has 7 heteroatoms. The number of carbonyl (C=O) groups excluding carboxylic acids is 1. The Hall–Kier alpha value is -2.70. The van der Waals surface area contributed by atoms with Crippen molar-refractivity contribution in [3.05, 3.63) is 47.5 Å². The van der Waals surface area contributed by atoms with Crippen LogP contribution in [0.5, 0.6) is 5.88 Å². The molecule has 1 aromatic carbocycles. The Labute approximate surface area is 146 Å². The van der Waals surface area contributed by atoms with Crippen molar-refractivity contribution in [2.45, 2.75) is 19.8 Å². The summed E-state index contributed by atoms with van der Waals surface area (Å²) in [5.74, 6) is 1.42. The maximum atomic E-state index is 12.9. The number of rotatable bonds is 6. The predicted octanol–water partition coefficient (Wildman–Crippen LogP) is 2.33. The zero-order valence-electron chi connectivity index (χ0n) is 14.2. The third-order valence-corrected chi connectivity index (χ3v) is 3.97. The van der Waals surface area contributed by atoms with Crippen LogP contribution >= 0.6 is 0 Å². The molecular weight excluding hydrogens is 323 g/mol. The fourth-order valence-corrected chi connectivity index (χ4v) is 2.73. The first-order valence-electron chi connectivity index (χ1n) is 8.39. The number of carbonyl (C=O) groups is 1. The Morgan fingerprint density at radius 1 is 1.24 bits per heavy atom. The fraction of sp³-hybridized carbons (Fsp3) is 0.389. The average molecular weight is 344 g/mol. The van der Waals surface area contributed by atoms with Crippen LogP contribution in [0.1, 0.15) is 29.0 Å². The smallest absolute Gasteiger partial charge is 0.251 e. The first kappa shape index (κ1) is 17.1. The summed E-state index contributed by atoms with van der Waals surface area (Å²) < 4.78 is 18.5. The maximum Gasteiger partial charge on any atom is 0.251 e. The predicted molar refractivity (Wildman–Crippen MR) is 92.4 cm³/mol. The zero-order valence-corrected chi connectivity index (χ0v) is 14.2. The van der Waals surface area contributed by atoms with Crippen LogP contribution in [-0.2, 0) is 0 Å². The highest BCUT2D eigenvalue weighted by molar-refractivity contribution is 5.94. The number of aromatic nitrogens is 2. The lowest BCUT2D eigenvalue weighted by atomic mass is 10.2. The Kier molecular flexibility index (Phi) is 5.42. The summed E-state index contributed by atoms with van der Waals surface area (Å²) >= 11 is 0. The van der Waals surface area contributed by atoms with Crippen molar-refractivity contribution >= 4 is 11.7 Å². The fourth-order valence-electron chi connectivity index (χ4n) is 2.73. The summed E-state index contributed by atoms with van der Waals surface area (Å²) in [6.07, 6.45) is 2.35. The average Bonchev–Trinajstić information content (AvgIpc) is 3.13. The van der Waals surface area contributed by atoms with Crippen molar-refractivity contribution < 1.29 is 13.9 Å². The van der Waals surface area contributed by atoms with Crippen molar-refractivity contribution in [3.8, 4) is 5.88 Å². The Balaban J connectivity index is 1.50. The van der Waals surface area contributed by atoms with Crippen LogP contribution in [0.15, 0.2) is 30.3 Å². The third-order valence-electron chi connectivity index (χ3n) is 3.97. The number of amides is 1.